The molecule has 2 amide bonds. The van der Waals surface area contributed by atoms with Crippen molar-refractivity contribution in [1.29, 1.82) is 0 Å². The van der Waals surface area contributed by atoms with Gasteiger partial charge in [-0.05, 0) is 24.0 Å². The van der Waals surface area contributed by atoms with Gasteiger partial charge in [0.1, 0.15) is 0 Å². The third-order valence-electron chi connectivity index (χ3n) is 5.19. The number of benzene rings is 1. The number of amides is 2. The van der Waals surface area contributed by atoms with Crippen molar-refractivity contribution in [3.05, 3.63) is 35.9 Å². The van der Waals surface area contributed by atoms with Gasteiger partial charge < -0.3 is 20.2 Å². The fraction of sp³-hybridized carbons (Fsp3) is 0.579. The summed E-state index contributed by atoms with van der Waals surface area (Å²) in [7, 11) is 0. The zero-order valence-corrected chi connectivity index (χ0v) is 15.1. The monoisotopic (exact) mass is 345 g/mol. The van der Waals surface area contributed by atoms with Crippen LogP contribution in [0.25, 0.3) is 0 Å². The van der Waals surface area contributed by atoms with Gasteiger partial charge >= 0.3 is 6.09 Å². The van der Waals surface area contributed by atoms with Gasteiger partial charge in [-0.2, -0.15) is 0 Å². The Morgan fingerprint density at radius 1 is 1.16 bits per heavy atom. The fourth-order valence-electron chi connectivity index (χ4n) is 4.06. The van der Waals surface area contributed by atoms with E-state index in [4.69, 9.17) is 0 Å². The van der Waals surface area contributed by atoms with Crippen molar-refractivity contribution >= 4 is 12.0 Å². The summed E-state index contributed by atoms with van der Waals surface area (Å²) in [5.41, 5.74) is 0.600. The van der Waals surface area contributed by atoms with Gasteiger partial charge in [-0.15, -0.1) is 0 Å². The number of carbonyl (C=O) groups excluding carboxylic acids is 1. The number of likely N-dealkylation sites (tertiary alicyclic amines) is 2. The van der Waals surface area contributed by atoms with Crippen molar-refractivity contribution in [2.24, 2.45) is 5.41 Å². The second kappa shape index (κ2) is 6.67. The molecule has 0 aromatic heterocycles. The quantitative estimate of drug-likeness (QED) is 0.881. The molecule has 2 fully saturated rings. The molecule has 0 radical (unpaired) electrons. The van der Waals surface area contributed by atoms with E-state index >= 15 is 0 Å². The van der Waals surface area contributed by atoms with E-state index in [1.165, 1.54) is 4.90 Å². The molecule has 0 spiro atoms. The molecule has 25 heavy (non-hydrogen) atoms. The third-order valence-corrected chi connectivity index (χ3v) is 5.19. The number of rotatable bonds is 3. The lowest BCUT2D eigenvalue weighted by atomic mass is 9.76. The highest BCUT2D eigenvalue weighted by Crippen LogP contribution is 2.34. The second-order valence-corrected chi connectivity index (χ2v) is 8.12. The molecule has 1 aromatic carbocycles. The summed E-state index contributed by atoms with van der Waals surface area (Å²) in [6.45, 7) is 8.14. The maximum atomic E-state index is 12.5. The molecule has 2 N–H and O–H groups in total. The highest BCUT2D eigenvalue weighted by Gasteiger charge is 2.49. The lowest BCUT2D eigenvalue weighted by Crippen LogP contribution is -2.72. The molecule has 0 aliphatic carbocycles. The number of hydrogen-bond donors (Lipinski definition) is 2. The van der Waals surface area contributed by atoms with Crippen molar-refractivity contribution in [3.63, 3.8) is 0 Å². The Morgan fingerprint density at radius 3 is 2.44 bits per heavy atom. The van der Waals surface area contributed by atoms with E-state index in [9.17, 15) is 14.7 Å². The molecular formula is C19H27N3O3. The smallest absolute Gasteiger partial charge is 0.407 e. The zero-order valence-electron chi connectivity index (χ0n) is 15.1. The van der Waals surface area contributed by atoms with Gasteiger partial charge in [0.15, 0.2) is 0 Å². The highest BCUT2D eigenvalue weighted by atomic mass is 16.4. The predicted octanol–water partition coefficient (Wildman–Crippen LogP) is 2.27. The van der Waals surface area contributed by atoms with Gasteiger partial charge in [0, 0.05) is 37.3 Å². The first-order chi connectivity index (χ1) is 11.8. The van der Waals surface area contributed by atoms with Gasteiger partial charge in [-0.3, -0.25) is 4.79 Å². The maximum absolute atomic E-state index is 12.5. The molecule has 6 heteroatoms. The lowest BCUT2D eigenvalue weighted by molar-refractivity contribution is -0.0157. The predicted molar refractivity (Wildman–Crippen MR) is 95.6 cm³/mol. The maximum Gasteiger partial charge on any atom is 0.407 e. The van der Waals surface area contributed by atoms with Crippen molar-refractivity contribution in [3.8, 4) is 0 Å². The van der Waals surface area contributed by atoms with Crippen LogP contribution in [0.15, 0.2) is 30.3 Å². The number of carboxylic acid groups (broad SMARTS) is 1. The molecule has 3 rings (SSSR count). The number of hydrogen-bond acceptors (Lipinski definition) is 3. The summed E-state index contributed by atoms with van der Waals surface area (Å²) in [4.78, 5) is 27.3. The minimum atomic E-state index is -0.856. The normalized spacial score (nSPS) is 26.4. The standard InChI is InChI=1S/C19H27N3O3/c1-19(2,3)16-15(12-22(16)18(24)25)20-14-9-10-21(11-14)17(23)13-7-5-4-6-8-13/h4-8,14-16,20H,9-12H2,1-3H3,(H,24,25). The zero-order chi connectivity index (χ0) is 18.2. The highest BCUT2D eigenvalue weighted by molar-refractivity contribution is 5.94. The van der Waals surface area contributed by atoms with E-state index < -0.39 is 6.09 Å². The van der Waals surface area contributed by atoms with Crippen LogP contribution < -0.4 is 5.32 Å². The Labute approximate surface area is 148 Å². The molecule has 6 nitrogen and oxygen atoms in total. The topological polar surface area (TPSA) is 72.9 Å². The molecular weight excluding hydrogens is 318 g/mol. The number of carbonyl (C=O) groups is 2. The van der Waals surface area contributed by atoms with Crippen LogP contribution >= 0.6 is 0 Å². The molecule has 0 saturated carbocycles. The molecule has 2 heterocycles. The summed E-state index contributed by atoms with van der Waals surface area (Å²) in [6.07, 6.45) is 0.0456. The molecule has 3 unspecified atom stereocenters. The van der Waals surface area contributed by atoms with E-state index in [-0.39, 0.29) is 29.4 Å². The fourth-order valence-corrected chi connectivity index (χ4v) is 4.06. The average Bonchev–Trinajstić information content (AvgIpc) is 2.97. The molecule has 2 aliphatic heterocycles. The molecule has 3 atom stereocenters. The minimum absolute atomic E-state index is 0.0381. The van der Waals surface area contributed by atoms with Gasteiger partial charge in [0.05, 0.1) is 6.04 Å². The SMILES string of the molecule is CC(C)(C)C1C(NC2CCN(C(=O)c3ccccc3)C2)CN1C(=O)O. The van der Waals surface area contributed by atoms with Crippen LogP contribution in [0, 0.1) is 5.41 Å². The van der Waals surface area contributed by atoms with Crippen molar-refractivity contribution in [1.82, 2.24) is 15.1 Å². The summed E-state index contributed by atoms with van der Waals surface area (Å²) in [5.74, 6) is 0.0676. The van der Waals surface area contributed by atoms with Gasteiger partial charge in [0.2, 0.25) is 0 Å². The van der Waals surface area contributed by atoms with E-state index in [0.717, 1.165) is 18.5 Å². The molecule has 2 saturated heterocycles. The van der Waals surface area contributed by atoms with Crippen LogP contribution in [0.4, 0.5) is 4.79 Å². The Bertz CT molecular complexity index is 641. The van der Waals surface area contributed by atoms with Crippen LogP contribution in [-0.2, 0) is 0 Å². The average molecular weight is 345 g/mol. The molecule has 136 valence electrons. The summed E-state index contributed by atoms with van der Waals surface area (Å²) < 4.78 is 0. The third kappa shape index (κ3) is 3.63. The van der Waals surface area contributed by atoms with E-state index in [1.54, 1.807) is 0 Å². The van der Waals surface area contributed by atoms with Gasteiger partial charge in [0.25, 0.3) is 5.91 Å². The van der Waals surface area contributed by atoms with Crippen molar-refractivity contribution in [2.45, 2.75) is 45.3 Å². The summed E-state index contributed by atoms with van der Waals surface area (Å²) >= 11 is 0. The second-order valence-electron chi connectivity index (χ2n) is 8.12. The van der Waals surface area contributed by atoms with Gasteiger partial charge in [-0.25, -0.2) is 4.79 Å². The lowest BCUT2D eigenvalue weighted by Gasteiger charge is -2.53. The molecule has 2 aliphatic rings. The van der Waals surface area contributed by atoms with Crippen LogP contribution in [0.5, 0.6) is 0 Å². The largest absolute Gasteiger partial charge is 0.465 e. The van der Waals surface area contributed by atoms with Crippen LogP contribution in [0.3, 0.4) is 0 Å². The first-order valence-corrected chi connectivity index (χ1v) is 8.87. The van der Waals surface area contributed by atoms with E-state index in [1.807, 2.05) is 35.2 Å². The Hall–Kier alpha value is -2.08. The van der Waals surface area contributed by atoms with Crippen molar-refractivity contribution in [2.75, 3.05) is 19.6 Å². The first kappa shape index (κ1) is 17.7. The molecule has 0 bridgehead atoms. The van der Waals surface area contributed by atoms with Crippen LogP contribution in [0.1, 0.15) is 37.6 Å². The van der Waals surface area contributed by atoms with Crippen molar-refractivity contribution < 1.29 is 14.7 Å². The summed E-state index contributed by atoms with van der Waals surface area (Å²) in [6, 6.07) is 9.67. The van der Waals surface area contributed by atoms with Crippen LogP contribution in [-0.4, -0.2) is 64.7 Å². The number of nitrogens with one attached hydrogen (secondary N) is 1. The van der Waals surface area contributed by atoms with E-state index in [2.05, 4.69) is 26.1 Å². The Morgan fingerprint density at radius 2 is 1.84 bits per heavy atom. The Balaban J connectivity index is 1.58. The number of nitrogens with zero attached hydrogens (tertiary/aromatic N) is 2. The summed E-state index contributed by atoms with van der Waals surface area (Å²) in [5, 5.41) is 12.9. The first-order valence-electron chi connectivity index (χ1n) is 8.87. The van der Waals surface area contributed by atoms with E-state index in [0.29, 0.717) is 13.1 Å². The Kier molecular flexibility index (Phi) is 4.73. The van der Waals surface area contributed by atoms with Gasteiger partial charge in [-0.1, -0.05) is 39.0 Å². The minimum Gasteiger partial charge on any atom is -0.465 e. The van der Waals surface area contributed by atoms with Crippen LogP contribution in [0.2, 0.25) is 0 Å². The molecule has 1 aromatic rings.